The van der Waals surface area contributed by atoms with Crippen molar-refractivity contribution in [1.29, 1.82) is 0 Å². The first-order valence-corrected chi connectivity index (χ1v) is 9.16. The van der Waals surface area contributed by atoms with Gasteiger partial charge in [0.2, 0.25) is 5.60 Å². The minimum absolute atomic E-state index is 0.0968. The van der Waals surface area contributed by atoms with Gasteiger partial charge in [0, 0.05) is 11.5 Å². The first kappa shape index (κ1) is 19.3. The van der Waals surface area contributed by atoms with Gasteiger partial charge in [0.1, 0.15) is 6.10 Å². The van der Waals surface area contributed by atoms with E-state index in [1.54, 1.807) is 18.2 Å². The smallest absolute Gasteiger partial charge is 0.351 e. The molecule has 3 rings (SSSR count). The molecule has 1 heterocycles. The van der Waals surface area contributed by atoms with E-state index >= 15 is 0 Å². The van der Waals surface area contributed by atoms with Crippen molar-refractivity contribution in [3.8, 4) is 0 Å². The lowest BCUT2D eigenvalue weighted by atomic mass is 9.66. The van der Waals surface area contributed by atoms with E-state index in [9.17, 15) is 19.7 Å². The molecule has 7 heteroatoms. The van der Waals surface area contributed by atoms with Crippen molar-refractivity contribution in [2.75, 3.05) is 0 Å². The number of fused-ring (bicyclic) bond motifs is 2. The van der Waals surface area contributed by atoms with Gasteiger partial charge in [0.15, 0.2) is 0 Å². The zero-order chi connectivity index (χ0) is 20.2. The number of nitro groups is 1. The summed E-state index contributed by atoms with van der Waals surface area (Å²) in [5.41, 5.74) is -2.57. The predicted octanol–water partition coefficient (Wildman–Crippen LogP) is 3.96. The average molecular weight is 375 g/mol. The number of rotatable bonds is 5. The molecule has 1 aromatic rings. The maximum absolute atomic E-state index is 13.2. The van der Waals surface area contributed by atoms with Crippen LogP contribution < -0.4 is 0 Å². The normalized spacial score (nSPS) is 29.5. The molecule has 1 aliphatic heterocycles. The number of esters is 2. The van der Waals surface area contributed by atoms with Crippen molar-refractivity contribution in [1.82, 2.24) is 0 Å². The molecule has 2 aliphatic rings. The summed E-state index contributed by atoms with van der Waals surface area (Å²) in [4.78, 5) is 36.5. The van der Waals surface area contributed by atoms with Crippen molar-refractivity contribution < 1.29 is 24.0 Å². The lowest BCUT2D eigenvalue weighted by molar-refractivity contribution is -0.386. The average Bonchev–Trinajstić information content (AvgIpc) is 2.89. The van der Waals surface area contributed by atoms with Gasteiger partial charge >= 0.3 is 11.9 Å². The van der Waals surface area contributed by atoms with E-state index in [2.05, 4.69) is 0 Å². The molecular weight excluding hydrogens is 350 g/mol. The molecule has 0 amide bonds. The Morgan fingerprint density at radius 3 is 2.33 bits per heavy atom. The van der Waals surface area contributed by atoms with Crippen LogP contribution in [0.15, 0.2) is 24.3 Å². The molecular formula is C20H25NO6. The molecule has 1 saturated heterocycles. The van der Waals surface area contributed by atoms with Crippen LogP contribution in [0.3, 0.4) is 0 Å². The lowest BCUT2D eigenvalue weighted by Gasteiger charge is -2.36. The van der Waals surface area contributed by atoms with Crippen LogP contribution in [0.5, 0.6) is 0 Å². The second-order valence-electron chi connectivity index (χ2n) is 8.56. The summed E-state index contributed by atoms with van der Waals surface area (Å²) in [5.74, 6) is -1.21. The number of para-hydroxylation sites is 1. The number of benzene rings is 1. The van der Waals surface area contributed by atoms with E-state index in [4.69, 9.17) is 9.47 Å². The van der Waals surface area contributed by atoms with Gasteiger partial charge in [-0.15, -0.1) is 0 Å². The monoisotopic (exact) mass is 375 g/mol. The third kappa shape index (κ3) is 2.47. The standard InChI is InChI=1S/C20H25NO6/c1-12(2)15(13-8-6-7-9-14(13)21(24)25)26-17(23)20-11-10-19(5,16(22)27-20)18(20,3)4/h6-9,12,15H,10-11H2,1-5H3/t15?,19?,20-/m1/s1. The summed E-state index contributed by atoms with van der Waals surface area (Å²) < 4.78 is 11.4. The van der Waals surface area contributed by atoms with Crippen molar-refractivity contribution in [2.24, 2.45) is 16.7 Å². The molecule has 27 heavy (non-hydrogen) atoms. The Kier molecular flexibility index (Phi) is 4.32. The van der Waals surface area contributed by atoms with Crippen LogP contribution in [0.4, 0.5) is 5.69 Å². The number of hydrogen-bond acceptors (Lipinski definition) is 6. The van der Waals surface area contributed by atoms with Crippen molar-refractivity contribution in [3.05, 3.63) is 39.9 Å². The predicted molar refractivity (Wildman–Crippen MR) is 96.7 cm³/mol. The van der Waals surface area contributed by atoms with E-state index in [-0.39, 0.29) is 17.6 Å². The Hall–Kier alpha value is -2.44. The van der Waals surface area contributed by atoms with Gasteiger partial charge in [0.25, 0.3) is 5.69 Å². The second-order valence-corrected chi connectivity index (χ2v) is 8.56. The van der Waals surface area contributed by atoms with E-state index in [0.717, 1.165) is 0 Å². The first-order chi connectivity index (χ1) is 12.5. The molecule has 0 radical (unpaired) electrons. The molecule has 2 unspecified atom stereocenters. The van der Waals surface area contributed by atoms with Gasteiger partial charge in [-0.1, -0.05) is 39.8 Å². The highest BCUT2D eigenvalue weighted by Gasteiger charge is 2.76. The number of hydrogen-bond donors (Lipinski definition) is 0. The zero-order valence-electron chi connectivity index (χ0n) is 16.3. The highest BCUT2D eigenvalue weighted by atomic mass is 16.6. The minimum atomic E-state index is -1.35. The molecule has 0 aromatic heterocycles. The molecule has 0 N–H and O–H groups in total. The summed E-state index contributed by atoms with van der Waals surface area (Å²) in [6, 6.07) is 6.24. The van der Waals surface area contributed by atoms with E-state index in [1.165, 1.54) is 6.07 Å². The Morgan fingerprint density at radius 1 is 1.22 bits per heavy atom. The van der Waals surface area contributed by atoms with E-state index < -0.39 is 33.4 Å². The Bertz CT molecular complexity index is 816. The van der Waals surface area contributed by atoms with Gasteiger partial charge in [0.05, 0.1) is 15.9 Å². The van der Waals surface area contributed by atoms with Gasteiger partial charge < -0.3 is 9.47 Å². The van der Waals surface area contributed by atoms with Crippen LogP contribution in [0.25, 0.3) is 0 Å². The van der Waals surface area contributed by atoms with Crippen LogP contribution >= 0.6 is 0 Å². The fourth-order valence-electron chi connectivity index (χ4n) is 4.37. The number of carbonyl (C=O) groups excluding carboxylic acids is 2. The van der Waals surface area contributed by atoms with Crippen LogP contribution in [0, 0.1) is 26.9 Å². The molecule has 1 saturated carbocycles. The highest BCUT2D eigenvalue weighted by Crippen LogP contribution is 2.66. The van der Waals surface area contributed by atoms with Gasteiger partial charge in [-0.05, 0) is 31.7 Å². The molecule has 0 spiro atoms. The summed E-state index contributed by atoms with van der Waals surface area (Å²) in [6.07, 6.45) is 0.129. The summed E-state index contributed by atoms with van der Waals surface area (Å²) >= 11 is 0. The second kappa shape index (κ2) is 6.04. The minimum Gasteiger partial charge on any atom is -0.454 e. The summed E-state index contributed by atoms with van der Waals surface area (Å²) in [6.45, 7) is 9.18. The topological polar surface area (TPSA) is 95.7 Å². The van der Waals surface area contributed by atoms with Crippen LogP contribution in [0.1, 0.15) is 59.1 Å². The molecule has 2 bridgehead atoms. The van der Waals surface area contributed by atoms with Crippen molar-refractivity contribution in [2.45, 2.75) is 59.2 Å². The SMILES string of the molecule is CC(C)C(OC(=O)[C@@]12CCC(C)(C(=O)O1)C2(C)C)c1ccccc1[N+](=O)[O-]. The van der Waals surface area contributed by atoms with Crippen molar-refractivity contribution >= 4 is 17.6 Å². The van der Waals surface area contributed by atoms with E-state index in [0.29, 0.717) is 18.4 Å². The molecule has 3 atom stereocenters. The Balaban J connectivity index is 1.97. The van der Waals surface area contributed by atoms with Crippen molar-refractivity contribution in [3.63, 3.8) is 0 Å². The number of carbonyl (C=O) groups is 2. The summed E-state index contributed by atoms with van der Waals surface area (Å²) in [7, 11) is 0. The Labute approximate surface area is 158 Å². The van der Waals surface area contributed by atoms with Gasteiger partial charge in [-0.25, -0.2) is 4.79 Å². The first-order valence-electron chi connectivity index (χ1n) is 9.16. The summed E-state index contributed by atoms with van der Waals surface area (Å²) in [5, 5.41) is 11.4. The Morgan fingerprint density at radius 2 is 1.85 bits per heavy atom. The van der Waals surface area contributed by atoms with Crippen LogP contribution in [0.2, 0.25) is 0 Å². The third-order valence-electron chi connectivity index (χ3n) is 6.69. The van der Waals surface area contributed by atoms with Crippen LogP contribution in [-0.4, -0.2) is 22.5 Å². The maximum Gasteiger partial charge on any atom is 0.351 e. The number of nitro benzene ring substituents is 1. The molecule has 146 valence electrons. The highest BCUT2D eigenvalue weighted by molar-refractivity contribution is 5.93. The van der Waals surface area contributed by atoms with Gasteiger partial charge in [-0.3, -0.25) is 14.9 Å². The van der Waals surface area contributed by atoms with Gasteiger partial charge in [-0.2, -0.15) is 0 Å². The fourth-order valence-corrected chi connectivity index (χ4v) is 4.37. The molecule has 1 aliphatic carbocycles. The number of nitrogens with zero attached hydrogens (tertiary/aromatic N) is 1. The molecule has 7 nitrogen and oxygen atoms in total. The zero-order valence-corrected chi connectivity index (χ0v) is 16.3. The molecule has 2 fully saturated rings. The number of ether oxygens (including phenoxy) is 2. The maximum atomic E-state index is 13.2. The molecule has 1 aromatic carbocycles. The third-order valence-corrected chi connectivity index (χ3v) is 6.69. The largest absolute Gasteiger partial charge is 0.454 e. The quantitative estimate of drug-likeness (QED) is 0.439. The fraction of sp³-hybridized carbons (Fsp3) is 0.600. The van der Waals surface area contributed by atoms with E-state index in [1.807, 2.05) is 34.6 Å². The van der Waals surface area contributed by atoms with Crippen LogP contribution in [-0.2, 0) is 19.1 Å². The lowest BCUT2D eigenvalue weighted by Crippen LogP contribution is -2.49.